The highest BCUT2D eigenvalue weighted by molar-refractivity contribution is 8.13. The number of ether oxygens (including phenoxy) is 1. The standard InChI is InChI=1S/C10H13ClO3S/c1-7(2)8-4-5-10(15(11,12)13)9(6-8)14-3/h4-7H,1-3H3. The lowest BCUT2D eigenvalue weighted by Gasteiger charge is -2.10. The summed E-state index contributed by atoms with van der Waals surface area (Å²) < 4.78 is 27.4. The minimum Gasteiger partial charge on any atom is -0.495 e. The highest BCUT2D eigenvalue weighted by Crippen LogP contribution is 2.30. The van der Waals surface area contributed by atoms with Crippen molar-refractivity contribution in [3.8, 4) is 5.75 Å². The monoisotopic (exact) mass is 248 g/mol. The van der Waals surface area contributed by atoms with Gasteiger partial charge in [-0.2, -0.15) is 0 Å². The normalized spacial score (nSPS) is 11.8. The van der Waals surface area contributed by atoms with Gasteiger partial charge in [-0.05, 0) is 23.6 Å². The van der Waals surface area contributed by atoms with Gasteiger partial charge in [0, 0.05) is 10.7 Å². The number of hydrogen-bond acceptors (Lipinski definition) is 3. The average Bonchev–Trinajstić information content (AvgIpc) is 2.15. The fraction of sp³-hybridized carbons (Fsp3) is 0.400. The van der Waals surface area contributed by atoms with Crippen LogP contribution in [0.1, 0.15) is 25.3 Å². The summed E-state index contributed by atoms with van der Waals surface area (Å²) in [4.78, 5) is 0.0102. The molecule has 0 N–H and O–H groups in total. The molecule has 84 valence electrons. The van der Waals surface area contributed by atoms with E-state index in [1.807, 2.05) is 13.8 Å². The summed E-state index contributed by atoms with van der Waals surface area (Å²) >= 11 is 0. The molecule has 0 aliphatic heterocycles. The molecule has 0 bridgehead atoms. The average molecular weight is 249 g/mol. The van der Waals surface area contributed by atoms with Crippen LogP contribution in [0.3, 0.4) is 0 Å². The second-order valence-electron chi connectivity index (χ2n) is 3.50. The van der Waals surface area contributed by atoms with Crippen LogP contribution in [0.25, 0.3) is 0 Å². The first-order chi connectivity index (χ1) is 6.86. The van der Waals surface area contributed by atoms with Gasteiger partial charge in [-0.3, -0.25) is 0 Å². The second-order valence-corrected chi connectivity index (χ2v) is 6.04. The van der Waals surface area contributed by atoms with Crippen LogP contribution in [-0.4, -0.2) is 15.5 Å². The summed E-state index contributed by atoms with van der Waals surface area (Å²) in [6.45, 7) is 4.04. The Morgan fingerprint density at radius 2 is 1.93 bits per heavy atom. The maximum atomic E-state index is 11.2. The molecule has 0 heterocycles. The quantitative estimate of drug-likeness (QED) is 0.773. The third kappa shape index (κ3) is 2.86. The number of benzene rings is 1. The van der Waals surface area contributed by atoms with Crippen molar-refractivity contribution in [2.75, 3.05) is 7.11 Å². The van der Waals surface area contributed by atoms with Crippen LogP contribution in [0.5, 0.6) is 5.75 Å². The minimum absolute atomic E-state index is 0.0102. The van der Waals surface area contributed by atoms with Gasteiger partial charge >= 0.3 is 0 Å². The summed E-state index contributed by atoms with van der Waals surface area (Å²) in [6.07, 6.45) is 0. The predicted molar refractivity (Wildman–Crippen MR) is 60.1 cm³/mol. The van der Waals surface area contributed by atoms with Gasteiger partial charge < -0.3 is 4.74 Å². The van der Waals surface area contributed by atoms with Crippen molar-refractivity contribution >= 4 is 19.7 Å². The van der Waals surface area contributed by atoms with Gasteiger partial charge in [0.25, 0.3) is 9.05 Å². The largest absolute Gasteiger partial charge is 0.495 e. The minimum atomic E-state index is -3.74. The van der Waals surface area contributed by atoms with Gasteiger partial charge in [0.2, 0.25) is 0 Å². The molecule has 0 saturated heterocycles. The molecule has 0 fully saturated rings. The molecule has 0 radical (unpaired) electrons. The SMILES string of the molecule is COc1cc(C(C)C)ccc1S(=O)(=O)Cl. The predicted octanol–water partition coefficient (Wildman–Crippen LogP) is 2.75. The lowest BCUT2D eigenvalue weighted by atomic mass is 10.0. The van der Waals surface area contributed by atoms with Crippen molar-refractivity contribution in [2.45, 2.75) is 24.7 Å². The van der Waals surface area contributed by atoms with E-state index >= 15 is 0 Å². The Morgan fingerprint density at radius 1 is 1.33 bits per heavy atom. The van der Waals surface area contributed by atoms with E-state index in [-0.39, 0.29) is 10.6 Å². The molecule has 0 unspecified atom stereocenters. The van der Waals surface area contributed by atoms with Crippen molar-refractivity contribution in [3.63, 3.8) is 0 Å². The summed E-state index contributed by atoms with van der Waals surface area (Å²) in [5, 5.41) is 0. The maximum Gasteiger partial charge on any atom is 0.264 e. The Kier molecular flexibility index (Phi) is 3.62. The molecule has 0 spiro atoms. The molecular weight excluding hydrogens is 236 g/mol. The fourth-order valence-electron chi connectivity index (χ4n) is 1.24. The maximum absolute atomic E-state index is 11.2. The Hall–Kier alpha value is -0.740. The molecule has 3 nitrogen and oxygen atoms in total. The first-order valence-corrected chi connectivity index (χ1v) is 6.79. The van der Waals surface area contributed by atoms with E-state index in [0.717, 1.165) is 5.56 Å². The highest BCUT2D eigenvalue weighted by atomic mass is 35.7. The Morgan fingerprint density at radius 3 is 2.33 bits per heavy atom. The summed E-state index contributed by atoms with van der Waals surface area (Å²) in [5.41, 5.74) is 1.01. The van der Waals surface area contributed by atoms with Crippen molar-refractivity contribution in [1.29, 1.82) is 0 Å². The molecule has 0 aliphatic carbocycles. The number of halogens is 1. The zero-order chi connectivity index (χ0) is 11.6. The highest BCUT2D eigenvalue weighted by Gasteiger charge is 2.17. The lowest BCUT2D eigenvalue weighted by molar-refractivity contribution is 0.402. The lowest BCUT2D eigenvalue weighted by Crippen LogP contribution is -1.98. The second kappa shape index (κ2) is 4.41. The van der Waals surface area contributed by atoms with Crippen LogP contribution in [0.4, 0.5) is 0 Å². The van der Waals surface area contributed by atoms with Crippen molar-refractivity contribution in [3.05, 3.63) is 23.8 Å². The van der Waals surface area contributed by atoms with E-state index in [0.29, 0.717) is 5.92 Å². The molecule has 1 aromatic rings. The van der Waals surface area contributed by atoms with Crippen molar-refractivity contribution in [1.82, 2.24) is 0 Å². The molecule has 0 aliphatic rings. The molecule has 1 rings (SSSR count). The summed E-state index contributed by atoms with van der Waals surface area (Å²) in [7, 11) is 2.95. The van der Waals surface area contributed by atoms with Gasteiger partial charge in [0.15, 0.2) is 0 Å². The summed E-state index contributed by atoms with van der Waals surface area (Å²) in [6, 6.07) is 4.90. The third-order valence-electron chi connectivity index (χ3n) is 2.12. The van der Waals surface area contributed by atoms with Gasteiger partial charge in [0.1, 0.15) is 10.6 Å². The van der Waals surface area contributed by atoms with E-state index < -0.39 is 9.05 Å². The van der Waals surface area contributed by atoms with E-state index in [9.17, 15) is 8.42 Å². The molecular formula is C10H13ClO3S. The molecule has 0 atom stereocenters. The van der Waals surface area contributed by atoms with E-state index in [1.54, 1.807) is 12.1 Å². The first kappa shape index (κ1) is 12.3. The van der Waals surface area contributed by atoms with Crippen molar-refractivity contribution in [2.24, 2.45) is 0 Å². The molecule has 5 heteroatoms. The topological polar surface area (TPSA) is 43.4 Å². The van der Waals surface area contributed by atoms with Gasteiger partial charge in [0.05, 0.1) is 7.11 Å². The first-order valence-electron chi connectivity index (χ1n) is 4.49. The zero-order valence-electron chi connectivity index (χ0n) is 8.82. The van der Waals surface area contributed by atoms with Gasteiger partial charge in [-0.1, -0.05) is 19.9 Å². The van der Waals surface area contributed by atoms with Crippen molar-refractivity contribution < 1.29 is 13.2 Å². The van der Waals surface area contributed by atoms with E-state index in [4.69, 9.17) is 15.4 Å². The van der Waals surface area contributed by atoms with Crippen LogP contribution in [-0.2, 0) is 9.05 Å². The van der Waals surface area contributed by atoms with E-state index in [2.05, 4.69) is 0 Å². The number of methoxy groups -OCH3 is 1. The Balaban J connectivity index is 3.34. The van der Waals surface area contributed by atoms with E-state index in [1.165, 1.54) is 13.2 Å². The Labute approximate surface area is 94.4 Å². The van der Waals surface area contributed by atoms with Crippen LogP contribution in [0.2, 0.25) is 0 Å². The molecule has 1 aromatic carbocycles. The number of hydrogen-bond donors (Lipinski definition) is 0. The van der Waals surface area contributed by atoms with Crippen LogP contribution >= 0.6 is 10.7 Å². The Bertz CT molecular complexity index is 452. The third-order valence-corrected chi connectivity index (χ3v) is 3.48. The molecule has 0 amide bonds. The number of rotatable bonds is 3. The van der Waals surface area contributed by atoms with Gasteiger partial charge in [-0.25, -0.2) is 8.42 Å². The summed E-state index contributed by atoms with van der Waals surface area (Å²) in [5.74, 6) is 0.599. The molecule has 15 heavy (non-hydrogen) atoms. The van der Waals surface area contributed by atoms with Gasteiger partial charge in [-0.15, -0.1) is 0 Å². The molecule has 0 saturated carbocycles. The smallest absolute Gasteiger partial charge is 0.264 e. The van der Waals surface area contributed by atoms with Crippen LogP contribution < -0.4 is 4.74 Å². The zero-order valence-corrected chi connectivity index (χ0v) is 10.4. The molecule has 0 aromatic heterocycles. The fourth-order valence-corrected chi connectivity index (χ4v) is 2.24. The van der Waals surface area contributed by atoms with Crippen LogP contribution in [0.15, 0.2) is 23.1 Å². The van der Waals surface area contributed by atoms with Crippen LogP contribution in [0, 0.1) is 0 Å².